The Morgan fingerprint density at radius 1 is 1.05 bits per heavy atom. The van der Waals surface area contributed by atoms with Crippen LogP contribution in [0.5, 0.6) is 17.2 Å². The van der Waals surface area contributed by atoms with Crippen molar-refractivity contribution in [3.05, 3.63) is 53.6 Å². The highest BCUT2D eigenvalue weighted by atomic mass is 16.5. The van der Waals surface area contributed by atoms with Gasteiger partial charge in [0, 0.05) is 18.5 Å². The molecule has 0 aliphatic carbocycles. The van der Waals surface area contributed by atoms with Crippen LogP contribution in [0.15, 0.2) is 42.5 Å². The molecule has 0 radical (unpaired) electrons. The van der Waals surface area contributed by atoms with Crippen molar-refractivity contribution in [2.24, 2.45) is 11.1 Å². The van der Waals surface area contributed by atoms with Crippen LogP contribution in [0.1, 0.15) is 70.1 Å². The molecule has 1 amide bonds. The first-order valence-electron chi connectivity index (χ1n) is 14.3. The SMILES string of the molecule is CCC(C)(C)C(=O)C(=O)N1CCCCC1C(=O)OC(CCc1ccc(OC)c(OC)c1)c1cccc(OCCN)c1. The highest BCUT2D eigenvalue weighted by Gasteiger charge is 2.41. The number of ether oxygens (including phenoxy) is 4. The van der Waals surface area contributed by atoms with Gasteiger partial charge in [-0.25, -0.2) is 4.79 Å². The molecule has 2 unspecified atom stereocenters. The maximum atomic E-state index is 13.7. The van der Waals surface area contributed by atoms with Crippen LogP contribution in [0.4, 0.5) is 0 Å². The molecule has 1 aliphatic heterocycles. The zero-order chi connectivity index (χ0) is 30.0. The van der Waals surface area contributed by atoms with Gasteiger partial charge in [-0.1, -0.05) is 39.0 Å². The van der Waals surface area contributed by atoms with Gasteiger partial charge in [0.25, 0.3) is 5.91 Å². The van der Waals surface area contributed by atoms with Crippen molar-refractivity contribution in [3.63, 3.8) is 0 Å². The number of hydrogen-bond acceptors (Lipinski definition) is 8. The van der Waals surface area contributed by atoms with Crippen molar-refractivity contribution in [1.82, 2.24) is 4.90 Å². The molecule has 2 aromatic carbocycles. The number of esters is 1. The lowest BCUT2D eigenvalue weighted by Gasteiger charge is -2.36. The van der Waals surface area contributed by atoms with Crippen molar-refractivity contribution in [1.29, 1.82) is 0 Å². The Hall–Kier alpha value is -3.59. The molecular formula is C32H44N2O7. The number of piperidine rings is 1. The van der Waals surface area contributed by atoms with E-state index < -0.39 is 35.2 Å². The number of hydrogen-bond donors (Lipinski definition) is 1. The molecule has 9 nitrogen and oxygen atoms in total. The van der Waals surface area contributed by atoms with E-state index in [-0.39, 0.29) is 0 Å². The van der Waals surface area contributed by atoms with Gasteiger partial charge in [0.1, 0.15) is 24.5 Å². The minimum Gasteiger partial charge on any atom is -0.493 e. The van der Waals surface area contributed by atoms with Crippen molar-refractivity contribution < 1.29 is 33.3 Å². The van der Waals surface area contributed by atoms with Crippen molar-refractivity contribution in [2.75, 3.05) is 33.9 Å². The zero-order valence-electron chi connectivity index (χ0n) is 24.9. The topological polar surface area (TPSA) is 117 Å². The average molecular weight is 569 g/mol. The molecule has 9 heteroatoms. The van der Waals surface area contributed by atoms with E-state index in [4.69, 9.17) is 24.7 Å². The van der Waals surface area contributed by atoms with E-state index in [1.807, 2.05) is 49.4 Å². The van der Waals surface area contributed by atoms with E-state index in [2.05, 4.69) is 0 Å². The van der Waals surface area contributed by atoms with Crippen LogP contribution < -0.4 is 19.9 Å². The molecule has 1 fully saturated rings. The Kier molecular flexibility index (Phi) is 11.6. The fourth-order valence-electron chi connectivity index (χ4n) is 4.83. The number of likely N-dealkylation sites (tertiary alicyclic amines) is 1. The lowest BCUT2D eigenvalue weighted by atomic mass is 9.84. The summed E-state index contributed by atoms with van der Waals surface area (Å²) < 4.78 is 22.7. The molecule has 1 heterocycles. The summed E-state index contributed by atoms with van der Waals surface area (Å²) in [5.41, 5.74) is 6.56. The van der Waals surface area contributed by atoms with E-state index >= 15 is 0 Å². The van der Waals surface area contributed by atoms with Crippen molar-refractivity contribution in [2.45, 2.75) is 71.4 Å². The standard InChI is InChI=1S/C32H44N2O7/c1-6-32(2,3)29(35)30(36)34-18-8-7-12-25(34)31(37)41-26(23-10-9-11-24(21-23)40-19-17-33)15-13-22-14-16-27(38-4)28(20-22)39-5/h9-11,14,16,20-21,25-26H,6-8,12-13,15,17-19,33H2,1-5H3. The van der Waals surface area contributed by atoms with Crippen LogP contribution in [0.25, 0.3) is 0 Å². The molecule has 41 heavy (non-hydrogen) atoms. The second-order valence-corrected chi connectivity index (χ2v) is 10.9. The molecule has 0 saturated carbocycles. The van der Waals surface area contributed by atoms with Crippen LogP contribution in [0.2, 0.25) is 0 Å². The number of nitrogens with zero attached hydrogens (tertiary/aromatic N) is 1. The number of ketones is 1. The first-order valence-corrected chi connectivity index (χ1v) is 14.3. The highest BCUT2D eigenvalue weighted by molar-refractivity contribution is 6.38. The van der Waals surface area contributed by atoms with Gasteiger partial charge in [-0.2, -0.15) is 0 Å². The summed E-state index contributed by atoms with van der Waals surface area (Å²) in [6, 6.07) is 12.3. The Bertz CT molecular complexity index is 1200. The number of aryl methyl sites for hydroxylation is 1. The van der Waals surface area contributed by atoms with Crippen molar-refractivity contribution in [3.8, 4) is 17.2 Å². The summed E-state index contributed by atoms with van der Waals surface area (Å²) in [6.07, 6.45) is 2.94. The van der Waals surface area contributed by atoms with Gasteiger partial charge in [-0.15, -0.1) is 0 Å². The van der Waals surface area contributed by atoms with Crippen molar-refractivity contribution >= 4 is 17.7 Å². The molecule has 1 aliphatic rings. The Morgan fingerprint density at radius 2 is 1.80 bits per heavy atom. The summed E-state index contributed by atoms with van der Waals surface area (Å²) in [4.78, 5) is 41.4. The molecule has 224 valence electrons. The molecule has 2 N–H and O–H groups in total. The minimum atomic E-state index is -0.812. The molecule has 0 bridgehead atoms. The zero-order valence-corrected chi connectivity index (χ0v) is 24.9. The van der Waals surface area contributed by atoms with E-state index in [1.165, 1.54) is 4.90 Å². The Balaban J connectivity index is 1.85. The summed E-state index contributed by atoms with van der Waals surface area (Å²) in [5, 5.41) is 0. The first kappa shape index (κ1) is 31.9. The average Bonchev–Trinajstić information content (AvgIpc) is 3.00. The minimum absolute atomic E-state index is 0.350. The van der Waals surface area contributed by atoms with Gasteiger partial charge in [0.05, 0.1) is 14.2 Å². The lowest BCUT2D eigenvalue weighted by Crippen LogP contribution is -2.53. The Labute approximate surface area is 243 Å². The molecule has 2 atom stereocenters. The largest absolute Gasteiger partial charge is 0.493 e. The van der Waals surface area contributed by atoms with Gasteiger partial charge in [0.2, 0.25) is 5.78 Å². The maximum absolute atomic E-state index is 13.7. The number of benzene rings is 2. The van der Waals surface area contributed by atoms with E-state index in [0.717, 1.165) is 24.0 Å². The molecule has 3 rings (SSSR count). The van der Waals surface area contributed by atoms with Crippen LogP contribution in [-0.4, -0.2) is 62.5 Å². The summed E-state index contributed by atoms with van der Waals surface area (Å²) in [6.45, 7) is 6.48. The van der Waals surface area contributed by atoms with Gasteiger partial charge in [0.15, 0.2) is 11.5 Å². The quantitative estimate of drug-likeness (QED) is 0.259. The summed E-state index contributed by atoms with van der Waals surface area (Å²) in [7, 11) is 3.17. The van der Waals surface area contributed by atoms with Gasteiger partial charge < -0.3 is 29.6 Å². The fourth-order valence-corrected chi connectivity index (χ4v) is 4.83. The predicted molar refractivity (Wildman–Crippen MR) is 156 cm³/mol. The van der Waals surface area contributed by atoms with Crippen LogP contribution in [-0.2, 0) is 25.5 Å². The number of nitrogens with two attached hydrogens (primary N) is 1. The summed E-state index contributed by atoms with van der Waals surface area (Å²) in [5.74, 6) is 0.276. The first-order chi connectivity index (χ1) is 19.6. The lowest BCUT2D eigenvalue weighted by molar-refractivity contribution is -0.164. The number of amides is 1. The Morgan fingerprint density at radius 3 is 2.49 bits per heavy atom. The number of Topliss-reactive ketones (excluding diaryl/α,β-unsaturated/α-hetero) is 1. The van der Waals surface area contributed by atoms with Gasteiger partial charge in [-0.05, 0) is 73.9 Å². The van der Waals surface area contributed by atoms with Gasteiger partial charge in [-0.3, -0.25) is 9.59 Å². The third-order valence-electron chi connectivity index (χ3n) is 7.75. The fraction of sp³-hybridized carbons (Fsp3) is 0.531. The van der Waals surface area contributed by atoms with Gasteiger partial charge >= 0.3 is 5.97 Å². The third kappa shape index (κ3) is 8.22. The highest BCUT2D eigenvalue weighted by Crippen LogP contribution is 2.32. The van der Waals surface area contributed by atoms with E-state index in [0.29, 0.717) is 62.6 Å². The molecular weight excluding hydrogens is 524 g/mol. The molecule has 1 saturated heterocycles. The summed E-state index contributed by atoms with van der Waals surface area (Å²) >= 11 is 0. The van der Waals surface area contributed by atoms with Crippen LogP contribution in [0.3, 0.4) is 0 Å². The number of carbonyl (C=O) groups is 3. The second-order valence-electron chi connectivity index (χ2n) is 10.9. The molecule has 0 aromatic heterocycles. The smallest absolute Gasteiger partial charge is 0.329 e. The maximum Gasteiger partial charge on any atom is 0.329 e. The van der Waals surface area contributed by atoms with E-state index in [9.17, 15) is 14.4 Å². The number of rotatable bonds is 14. The third-order valence-corrected chi connectivity index (χ3v) is 7.75. The normalized spacial score (nSPS) is 16.0. The second kappa shape index (κ2) is 14.9. The number of methoxy groups -OCH3 is 2. The molecule has 2 aromatic rings. The monoisotopic (exact) mass is 568 g/mol. The van der Waals surface area contributed by atoms with Crippen LogP contribution >= 0.6 is 0 Å². The molecule has 0 spiro atoms. The van der Waals surface area contributed by atoms with Crippen LogP contribution in [0, 0.1) is 5.41 Å². The number of carbonyl (C=O) groups excluding carboxylic acids is 3. The van der Waals surface area contributed by atoms with E-state index in [1.54, 1.807) is 28.1 Å². The predicted octanol–water partition coefficient (Wildman–Crippen LogP) is 4.64.